The number of thiophene rings is 1. The number of fused-ring (bicyclic) bond motifs is 1. The molecule has 1 N–H and O–H groups in total. The van der Waals surface area contributed by atoms with Gasteiger partial charge in [0.05, 0.1) is 10.4 Å². The summed E-state index contributed by atoms with van der Waals surface area (Å²) in [5.74, 6) is 0.665. The van der Waals surface area contributed by atoms with Crippen LogP contribution in [0.4, 0.5) is 0 Å². The summed E-state index contributed by atoms with van der Waals surface area (Å²) < 4.78 is 0.611. The summed E-state index contributed by atoms with van der Waals surface area (Å²) in [7, 11) is 0. The number of carbonyl (C=O) groups is 1. The van der Waals surface area contributed by atoms with Gasteiger partial charge in [0.15, 0.2) is 5.82 Å². The maximum absolute atomic E-state index is 12.9. The fourth-order valence-electron chi connectivity index (χ4n) is 3.50. The Morgan fingerprint density at radius 3 is 2.97 bits per heavy atom. The van der Waals surface area contributed by atoms with Crippen LogP contribution >= 0.6 is 35.3 Å². The van der Waals surface area contributed by atoms with Crippen molar-refractivity contribution in [3.8, 4) is 11.1 Å². The smallest absolute Gasteiger partial charge is 0.266 e. The standard InChI is InChI=1S/C22H18N6OS3/c29-21-19(32-22(30)28(21)9-2-1-5-20-24-26-27-25-20)12-17-11-16(13-31-17)14-6-7-18-15(10-14)4-3-8-23-18/h3-4,6-8,10-13H,1-2,5,9H2,(H,24,25,26,27). The zero-order chi connectivity index (χ0) is 21.9. The second-order valence-corrected chi connectivity index (χ2v) is 9.89. The lowest BCUT2D eigenvalue weighted by atomic mass is 10.1. The molecule has 0 saturated carbocycles. The number of hydrogen-bond acceptors (Lipinski definition) is 8. The van der Waals surface area contributed by atoms with Gasteiger partial charge >= 0.3 is 0 Å². The lowest BCUT2D eigenvalue weighted by Crippen LogP contribution is -2.29. The summed E-state index contributed by atoms with van der Waals surface area (Å²) >= 11 is 8.44. The van der Waals surface area contributed by atoms with Gasteiger partial charge in [-0.15, -0.1) is 21.5 Å². The predicted molar refractivity (Wildman–Crippen MR) is 132 cm³/mol. The molecule has 4 aromatic rings. The lowest BCUT2D eigenvalue weighted by Gasteiger charge is -2.13. The zero-order valence-electron chi connectivity index (χ0n) is 16.9. The molecule has 3 aromatic heterocycles. The summed E-state index contributed by atoms with van der Waals surface area (Å²) in [6, 6.07) is 12.4. The molecule has 5 rings (SSSR count). The van der Waals surface area contributed by atoms with Crippen LogP contribution in [0.15, 0.2) is 52.9 Å². The van der Waals surface area contributed by atoms with E-state index in [9.17, 15) is 4.79 Å². The highest BCUT2D eigenvalue weighted by Crippen LogP contribution is 2.35. The SMILES string of the molecule is O=C1C(=Cc2cc(-c3ccc4ncccc4c3)cs2)SC(=S)N1CCCCc1nn[nH]n1. The van der Waals surface area contributed by atoms with E-state index in [-0.39, 0.29) is 5.91 Å². The molecule has 1 saturated heterocycles. The van der Waals surface area contributed by atoms with E-state index in [4.69, 9.17) is 12.2 Å². The van der Waals surface area contributed by atoms with Crippen LogP contribution in [0, 0.1) is 0 Å². The molecule has 1 amide bonds. The lowest BCUT2D eigenvalue weighted by molar-refractivity contribution is -0.122. The summed E-state index contributed by atoms with van der Waals surface area (Å²) in [4.78, 5) is 20.6. The van der Waals surface area contributed by atoms with E-state index in [0.717, 1.165) is 46.2 Å². The highest BCUT2D eigenvalue weighted by Gasteiger charge is 2.31. The molecule has 1 aromatic carbocycles. The van der Waals surface area contributed by atoms with Crippen molar-refractivity contribution in [2.24, 2.45) is 0 Å². The van der Waals surface area contributed by atoms with Crippen molar-refractivity contribution in [2.45, 2.75) is 19.3 Å². The number of thiocarbonyl (C=S) groups is 1. The molecule has 0 aliphatic carbocycles. The predicted octanol–water partition coefficient (Wildman–Crippen LogP) is 4.70. The average molecular weight is 479 g/mol. The van der Waals surface area contributed by atoms with Crippen LogP contribution < -0.4 is 0 Å². The van der Waals surface area contributed by atoms with Gasteiger partial charge in [-0.1, -0.05) is 41.3 Å². The van der Waals surface area contributed by atoms with Gasteiger partial charge in [-0.25, -0.2) is 0 Å². The highest BCUT2D eigenvalue weighted by molar-refractivity contribution is 8.26. The molecule has 0 spiro atoms. The van der Waals surface area contributed by atoms with Crippen LogP contribution in [-0.2, 0) is 11.2 Å². The minimum atomic E-state index is -0.0220. The maximum Gasteiger partial charge on any atom is 0.266 e. The van der Waals surface area contributed by atoms with Crippen molar-refractivity contribution < 1.29 is 4.79 Å². The summed E-state index contributed by atoms with van der Waals surface area (Å²) in [5.41, 5.74) is 3.24. The topological polar surface area (TPSA) is 87.7 Å². The third-order valence-electron chi connectivity index (χ3n) is 5.12. The highest BCUT2D eigenvalue weighted by atomic mass is 32.2. The van der Waals surface area contributed by atoms with Crippen LogP contribution in [0.1, 0.15) is 23.5 Å². The Morgan fingerprint density at radius 1 is 1.16 bits per heavy atom. The number of benzene rings is 1. The minimum Gasteiger partial charge on any atom is -0.293 e. The number of H-pyrrole nitrogens is 1. The van der Waals surface area contributed by atoms with Crippen LogP contribution in [0.2, 0.25) is 0 Å². The van der Waals surface area contributed by atoms with E-state index in [1.807, 2.05) is 18.2 Å². The van der Waals surface area contributed by atoms with Gasteiger partial charge in [0, 0.05) is 29.4 Å². The Bertz CT molecular complexity index is 1310. The van der Waals surface area contributed by atoms with E-state index in [0.29, 0.717) is 21.6 Å². The number of tetrazole rings is 1. The van der Waals surface area contributed by atoms with E-state index in [1.54, 1.807) is 22.4 Å². The first-order chi connectivity index (χ1) is 15.7. The number of aromatic nitrogens is 5. The summed E-state index contributed by atoms with van der Waals surface area (Å²) in [5, 5.41) is 17.1. The second kappa shape index (κ2) is 9.27. The normalized spacial score (nSPS) is 15.4. The van der Waals surface area contributed by atoms with Crippen LogP contribution in [0.25, 0.3) is 28.1 Å². The molecule has 1 aliphatic rings. The number of thioether (sulfide) groups is 1. The van der Waals surface area contributed by atoms with Crippen LogP contribution in [0.3, 0.4) is 0 Å². The van der Waals surface area contributed by atoms with E-state index < -0.39 is 0 Å². The molecule has 0 bridgehead atoms. The number of rotatable bonds is 7. The first-order valence-corrected chi connectivity index (χ1v) is 12.2. The van der Waals surface area contributed by atoms with Crippen molar-refractivity contribution in [3.63, 3.8) is 0 Å². The number of amides is 1. The van der Waals surface area contributed by atoms with Crippen molar-refractivity contribution in [1.82, 2.24) is 30.5 Å². The summed E-state index contributed by atoms with van der Waals surface area (Å²) in [6.07, 6.45) is 6.16. The van der Waals surface area contributed by atoms with Gasteiger partial charge < -0.3 is 0 Å². The molecule has 0 atom stereocenters. The number of aromatic amines is 1. The Labute approximate surface area is 197 Å². The van der Waals surface area contributed by atoms with E-state index >= 15 is 0 Å². The fraction of sp³-hybridized carbons (Fsp3) is 0.182. The van der Waals surface area contributed by atoms with Crippen molar-refractivity contribution in [1.29, 1.82) is 0 Å². The van der Waals surface area contributed by atoms with Crippen molar-refractivity contribution in [3.05, 3.63) is 63.6 Å². The van der Waals surface area contributed by atoms with E-state index in [2.05, 4.69) is 55.3 Å². The average Bonchev–Trinajstić information content (AvgIpc) is 3.54. The Balaban J connectivity index is 1.25. The molecule has 1 fully saturated rings. The van der Waals surface area contributed by atoms with Gasteiger partial charge in [0.25, 0.3) is 5.91 Å². The Kier molecular flexibility index (Phi) is 6.06. The molecule has 1 aliphatic heterocycles. The van der Waals surface area contributed by atoms with Gasteiger partial charge in [-0.05, 0) is 59.7 Å². The minimum absolute atomic E-state index is 0.0220. The quantitative estimate of drug-likeness (QED) is 0.234. The van der Waals surface area contributed by atoms with Gasteiger partial charge in [-0.2, -0.15) is 5.21 Å². The number of carbonyl (C=O) groups excluding carboxylic acids is 1. The zero-order valence-corrected chi connectivity index (χ0v) is 19.3. The number of pyridine rings is 1. The first kappa shape index (κ1) is 20.9. The number of aryl methyl sites for hydroxylation is 1. The summed E-state index contributed by atoms with van der Waals surface area (Å²) in [6.45, 7) is 0.598. The molecule has 7 nitrogen and oxygen atoms in total. The maximum atomic E-state index is 12.9. The molecule has 160 valence electrons. The van der Waals surface area contributed by atoms with Crippen LogP contribution in [-0.4, -0.2) is 47.3 Å². The second-order valence-electron chi connectivity index (χ2n) is 7.27. The molecule has 32 heavy (non-hydrogen) atoms. The molecule has 0 unspecified atom stereocenters. The number of nitrogens with one attached hydrogen (secondary N) is 1. The first-order valence-electron chi connectivity index (χ1n) is 10.1. The largest absolute Gasteiger partial charge is 0.293 e. The van der Waals surface area contributed by atoms with Crippen LogP contribution in [0.5, 0.6) is 0 Å². The monoisotopic (exact) mass is 478 g/mol. The van der Waals surface area contributed by atoms with Crippen molar-refractivity contribution >= 4 is 62.5 Å². The van der Waals surface area contributed by atoms with Crippen molar-refractivity contribution in [2.75, 3.05) is 6.54 Å². The molecule has 10 heteroatoms. The third kappa shape index (κ3) is 4.47. The van der Waals surface area contributed by atoms with E-state index in [1.165, 1.54) is 11.8 Å². The number of nitrogens with zero attached hydrogens (tertiary/aromatic N) is 5. The van der Waals surface area contributed by atoms with Gasteiger partial charge in [0.1, 0.15) is 4.32 Å². The fourth-order valence-corrected chi connectivity index (χ4v) is 5.72. The molecular formula is C22H18N6OS3. The molecule has 4 heterocycles. The number of unbranched alkanes of at least 4 members (excludes halogenated alkanes) is 1. The molecular weight excluding hydrogens is 460 g/mol. The number of hydrogen-bond donors (Lipinski definition) is 1. The Hall–Kier alpha value is -2.95. The van der Waals surface area contributed by atoms with Gasteiger partial charge in [0.2, 0.25) is 0 Å². The van der Waals surface area contributed by atoms with Gasteiger partial charge in [-0.3, -0.25) is 14.7 Å². The Morgan fingerprint density at radius 2 is 2.09 bits per heavy atom. The third-order valence-corrected chi connectivity index (χ3v) is 7.38. The molecule has 0 radical (unpaired) electrons.